The van der Waals surface area contributed by atoms with Crippen LogP contribution in [0.5, 0.6) is 0 Å². The van der Waals surface area contributed by atoms with Gasteiger partial charge in [-0.3, -0.25) is 5.10 Å². The second-order valence-corrected chi connectivity index (χ2v) is 4.14. The second kappa shape index (κ2) is 5.55. The second-order valence-electron chi connectivity index (χ2n) is 3.73. The first-order valence-electron chi connectivity index (χ1n) is 5.35. The molecule has 1 aromatic carbocycles. The standard InChI is InChI=1S/C12H12ClN3O2/c13-9-4-2-1-3-8(9)7-11(18-12(14)17)10-5-6-15-16-10/h1-6,11H,7H2,(H2,14,17)(H,15,16)/t11-/m0/s1. The first kappa shape index (κ1) is 12.4. The molecule has 0 bridgehead atoms. The van der Waals surface area contributed by atoms with Crippen LogP contribution in [0.4, 0.5) is 4.79 Å². The van der Waals surface area contributed by atoms with Gasteiger partial charge in [0.2, 0.25) is 0 Å². The van der Waals surface area contributed by atoms with Gasteiger partial charge in [-0.05, 0) is 17.7 Å². The summed E-state index contributed by atoms with van der Waals surface area (Å²) >= 11 is 6.07. The van der Waals surface area contributed by atoms with Crippen LogP contribution in [0.25, 0.3) is 0 Å². The van der Waals surface area contributed by atoms with Crippen molar-refractivity contribution in [2.75, 3.05) is 0 Å². The van der Waals surface area contributed by atoms with E-state index >= 15 is 0 Å². The third-order valence-electron chi connectivity index (χ3n) is 2.49. The van der Waals surface area contributed by atoms with Gasteiger partial charge in [0.25, 0.3) is 0 Å². The molecule has 1 heterocycles. The monoisotopic (exact) mass is 265 g/mol. The molecular formula is C12H12ClN3O2. The van der Waals surface area contributed by atoms with Crippen molar-refractivity contribution in [2.45, 2.75) is 12.5 Å². The highest BCUT2D eigenvalue weighted by molar-refractivity contribution is 6.31. The molecule has 5 nitrogen and oxygen atoms in total. The normalized spacial score (nSPS) is 12.1. The zero-order valence-corrected chi connectivity index (χ0v) is 10.2. The minimum absolute atomic E-state index is 0.435. The number of hydrogen-bond acceptors (Lipinski definition) is 3. The zero-order chi connectivity index (χ0) is 13.0. The molecule has 6 heteroatoms. The number of H-pyrrole nitrogens is 1. The molecule has 0 saturated heterocycles. The van der Waals surface area contributed by atoms with Crippen LogP contribution in [0.2, 0.25) is 5.02 Å². The Bertz CT molecular complexity index is 528. The van der Waals surface area contributed by atoms with Gasteiger partial charge in [0.1, 0.15) is 6.10 Å². The van der Waals surface area contributed by atoms with Crippen molar-refractivity contribution in [3.63, 3.8) is 0 Å². The fourth-order valence-electron chi connectivity index (χ4n) is 1.66. The van der Waals surface area contributed by atoms with Crippen molar-refractivity contribution in [1.82, 2.24) is 10.2 Å². The molecule has 0 aliphatic heterocycles. The molecule has 0 saturated carbocycles. The molecule has 1 amide bonds. The van der Waals surface area contributed by atoms with Gasteiger partial charge in [-0.1, -0.05) is 29.8 Å². The van der Waals surface area contributed by atoms with E-state index in [-0.39, 0.29) is 0 Å². The lowest BCUT2D eigenvalue weighted by atomic mass is 10.1. The largest absolute Gasteiger partial charge is 0.440 e. The van der Waals surface area contributed by atoms with Crippen molar-refractivity contribution < 1.29 is 9.53 Å². The van der Waals surface area contributed by atoms with Gasteiger partial charge in [-0.25, -0.2) is 4.79 Å². The Morgan fingerprint density at radius 1 is 1.44 bits per heavy atom. The minimum atomic E-state index is -0.832. The van der Waals surface area contributed by atoms with Gasteiger partial charge in [0, 0.05) is 17.6 Å². The Morgan fingerprint density at radius 2 is 2.22 bits per heavy atom. The van der Waals surface area contributed by atoms with E-state index in [1.165, 1.54) is 0 Å². The molecule has 0 spiro atoms. The summed E-state index contributed by atoms with van der Waals surface area (Å²) in [4.78, 5) is 10.9. The maximum absolute atomic E-state index is 10.9. The van der Waals surface area contributed by atoms with Gasteiger partial charge in [0.15, 0.2) is 0 Å². The SMILES string of the molecule is NC(=O)O[C@@H](Cc1ccccc1Cl)c1ccn[nH]1. The smallest absolute Gasteiger partial charge is 0.405 e. The van der Waals surface area contributed by atoms with Gasteiger partial charge in [0.05, 0.1) is 5.69 Å². The number of primary amides is 1. The number of nitrogens with zero attached hydrogens (tertiary/aromatic N) is 1. The molecule has 3 N–H and O–H groups in total. The number of aromatic nitrogens is 2. The van der Waals surface area contributed by atoms with E-state index in [9.17, 15) is 4.79 Å². The summed E-state index contributed by atoms with van der Waals surface area (Å²) in [7, 11) is 0. The maximum Gasteiger partial charge on any atom is 0.405 e. The summed E-state index contributed by atoms with van der Waals surface area (Å²) in [5, 5.41) is 7.20. The summed E-state index contributed by atoms with van der Waals surface area (Å²) in [6, 6.07) is 9.09. The third kappa shape index (κ3) is 3.01. The van der Waals surface area contributed by atoms with E-state index in [1.807, 2.05) is 18.2 Å². The molecule has 94 valence electrons. The number of amides is 1. The average molecular weight is 266 g/mol. The van der Waals surface area contributed by atoms with Gasteiger partial charge in [-0.15, -0.1) is 0 Å². The molecule has 0 fully saturated rings. The minimum Gasteiger partial charge on any atom is -0.440 e. The zero-order valence-electron chi connectivity index (χ0n) is 9.47. The van der Waals surface area contributed by atoms with Crippen LogP contribution in [0.15, 0.2) is 36.5 Å². The Labute approximate surface area is 109 Å². The van der Waals surface area contributed by atoms with E-state index in [1.54, 1.807) is 18.3 Å². The summed E-state index contributed by atoms with van der Waals surface area (Å²) in [5.74, 6) is 0. The highest BCUT2D eigenvalue weighted by atomic mass is 35.5. The number of carbonyl (C=O) groups excluding carboxylic acids is 1. The number of carbonyl (C=O) groups is 1. The summed E-state index contributed by atoms with van der Waals surface area (Å²) in [6.45, 7) is 0. The third-order valence-corrected chi connectivity index (χ3v) is 2.86. The predicted molar refractivity (Wildman–Crippen MR) is 67.2 cm³/mol. The van der Waals surface area contributed by atoms with E-state index in [0.717, 1.165) is 5.56 Å². The molecule has 2 aromatic rings. The fraction of sp³-hybridized carbons (Fsp3) is 0.167. The van der Waals surface area contributed by atoms with E-state index in [0.29, 0.717) is 17.1 Å². The van der Waals surface area contributed by atoms with Crippen molar-refractivity contribution in [3.05, 3.63) is 52.8 Å². The van der Waals surface area contributed by atoms with E-state index in [2.05, 4.69) is 10.2 Å². The fourth-order valence-corrected chi connectivity index (χ4v) is 1.88. The number of aromatic amines is 1. The number of nitrogens with one attached hydrogen (secondary N) is 1. The van der Waals surface area contributed by atoms with Crippen molar-refractivity contribution in [2.24, 2.45) is 5.73 Å². The molecule has 2 rings (SSSR count). The first-order chi connectivity index (χ1) is 8.66. The Kier molecular flexibility index (Phi) is 3.84. The van der Waals surface area contributed by atoms with E-state index < -0.39 is 12.2 Å². The van der Waals surface area contributed by atoms with Gasteiger partial charge < -0.3 is 10.5 Å². The van der Waals surface area contributed by atoms with Gasteiger partial charge >= 0.3 is 6.09 Å². The average Bonchev–Trinajstić information content (AvgIpc) is 2.84. The number of rotatable bonds is 4. The van der Waals surface area contributed by atoms with Crippen LogP contribution in [-0.4, -0.2) is 16.3 Å². The number of benzene rings is 1. The summed E-state index contributed by atoms with van der Waals surface area (Å²) in [6.07, 6.45) is 0.663. The molecule has 0 aliphatic carbocycles. The Morgan fingerprint density at radius 3 is 2.83 bits per heavy atom. The number of hydrogen-bond donors (Lipinski definition) is 2. The van der Waals surface area contributed by atoms with Crippen LogP contribution in [0, 0.1) is 0 Å². The maximum atomic E-state index is 10.9. The van der Waals surface area contributed by atoms with Crippen LogP contribution < -0.4 is 5.73 Å². The Balaban J connectivity index is 2.20. The van der Waals surface area contributed by atoms with Crippen LogP contribution in [-0.2, 0) is 11.2 Å². The number of halogens is 1. The van der Waals surface area contributed by atoms with Crippen LogP contribution in [0.1, 0.15) is 17.4 Å². The molecular weight excluding hydrogens is 254 g/mol. The lowest BCUT2D eigenvalue weighted by molar-refractivity contribution is 0.104. The lowest BCUT2D eigenvalue weighted by Gasteiger charge is -2.15. The first-order valence-corrected chi connectivity index (χ1v) is 5.73. The quantitative estimate of drug-likeness (QED) is 0.891. The number of ether oxygens (including phenoxy) is 1. The lowest BCUT2D eigenvalue weighted by Crippen LogP contribution is -2.19. The highest BCUT2D eigenvalue weighted by Gasteiger charge is 2.18. The summed E-state index contributed by atoms with van der Waals surface area (Å²) in [5.41, 5.74) is 6.61. The highest BCUT2D eigenvalue weighted by Crippen LogP contribution is 2.24. The van der Waals surface area contributed by atoms with Crippen molar-refractivity contribution in [1.29, 1.82) is 0 Å². The van der Waals surface area contributed by atoms with Crippen molar-refractivity contribution in [3.8, 4) is 0 Å². The number of nitrogens with two attached hydrogens (primary N) is 1. The van der Waals surface area contributed by atoms with E-state index in [4.69, 9.17) is 22.1 Å². The van der Waals surface area contributed by atoms with Crippen LogP contribution >= 0.6 is 11.6 Å². The van der Waals surface area contributed by atoms with Crippen molar-refractivity contribution >= 4 is 17.7 Å². The topological polar surface area (TPSA) is 81.0 Å². The van der Waals surface area contributed by atoms with Crippen LogP contribution in [0.3, 0.4) is 0 Å². The molecule has 0 aliphatic rings. The van der Waals surface area contributed by atoms with Gasteiger partial charge in [-0.2, -0.15) is 5.10 Å². The molecule has 1 aromatic heterocycles. The summed E-state index contributed by atoms with van der Waals surface area (Å²) < 4.78 is 5.06. The molecule has 1 atom stereocenters. The molecule has 0 unspecified atom stereocenters. The molecule has 0 radical (unpaired) electrons. The Hall–Kier alpha value is -2.01. The molecule has 18 heavy (non-hydrogen) atoms. The predicted octanol–water partition coefficient (Wildman–Crippen LogP) is 2.44.